The monoisotopic (exact) mass is 303 g/mol. The van der Waals surface area contributed by atoms with Crippen molar-refractivity contribution < 1.29 is 4.79 Å². The maximum Gasteiger partial charge on any atom is 0.194 e. The Hall–Kier alpha value is -1.61. The fourth-order valence-corrected chi connectivity index (χ4v) is 2.60. The van der Waals surface area contributed by atoms with E-state index in [1.165, 1.54) is 0 Å². The smallest absolute Gasteiger partial charge is 0.194 e. The van der Waals surface area contributed by atoms with Crippen molar-refractivity contribution in [1.82, 2.24) is 0 Å². The van der Waals surface area contributed by atoms with Crippen LogP contribution in [-0.2, 0) is 0 Å². The van der Waals surface area contributed by atoms with Crippen molar-refractivity contribution in [2.45, 2.75) is 13.8 Å². The van der Waals surface area contributed by atoms with E-state index in [-0.39, 0.29) is 5.78 Å². The first-order valence-corrected chi connectivity index (χ1v) is 6.46. The standard InChI is InChI=1S/C15H14BrNO/c1-9-4-3-5-10(2)14(9)15(18)12-7-6-11(17)8-13(12)16/h3-8H,17H2,1-2H3. The summed E-state index contributed by atoms with van der Waals surface area (Å²) < 4.78 is 0.732. The van der Waals surface area contributed by atoms with Crippen LogP contribution >= 0.6 is 15.9 Å². The van der Waals surface area contributed by atoms with Gasteiger partial charge in [-0.05, 0) is 59.1 Å². The molecule has 92 valence electrons. The van der Waals surface area contributed by atoms with Crippen LogP contribution in [0.2, 0.25) is 0 Å². The highest BCUT2D eigenvalue weighted by Gasteiger charge is 2.16. The molecule has 0 aliphatic carbocycles. The molecule has 0 atom stereocenters. The SMILES string of the molecule is Cc1cccc(C)c1C(=O)c1ccc(N)cc1Br. The molecule has 0 amide bonds. The van der Waals surface area contributed by atoms with E-state index in [0.717, 1.165) is 21.2 Å². The summed E-state index contributed by atoms with van der Waals surface area (Å²) in [6.45, 7) is 3.90. The van der Waals surface area contributed by atoms with E-state index in [1.807, 2.05) is 32.0 Å². The first-order valence-electron chi connectivity index (χ1n) is 5.66. The van der Waals surface area contributed by atoms with Crippen LogP contribution in [0.15, 0.2) is 40.9 Å². The molecule has 0 unspecified atom stereocenters. The number of hydrogen-bond acceptors (Lipinski definition) is 2. The normalized spacial score (nSPS) is 10.4. The van der Waals surface area contributed by atoms with Gasteiger partial charge in [0.05, 0.1) is 0 Å². The van der Waals surface area contributed by atoms with E-state index in [0.29, 0.717) is 11.3 Å². The van der Waals surface area contributed by atoms with E-state index in [2.05, 4.69) is 15.9 Å². The quantitative estimate of drug-likeness (QED) is 0.676. The number of hydrogen-bond donors (Lipinski definition) is 1. The van der Waals surface area contributed by atoms with E-state index in [9.17, 15) is 4.79 Å². The molecular formula is C15H14BrNO. The summed E-state index contributed by atoms with van der Waals surface area (Å²) in [5, 5.41) is 0. The number of halogens is 1. The van der Waals surface area contributed by atoms with Crippen molar-refractivity contribution in [1.29, 1.82) is 0 Å². The highest BCUT2D eigenvalue weighted by Crippen LogP contribution is 2.25. The molecule has 18 heavy (non-hydrogen) atoms. The van der Waals surface area contributed by atoms with Crippen LogP contribution in [0.5, 0.6) is 0 Å². The molecule has 2 rings (SSSR count). The molecule has 2 N–H and O–H groups in total. The van der Waals surface area contributed by atoms with E-state index >= 15 is 0 Å². The average molecular weight is 304 g/mol. The Morgan fingerprint density at radius 3 is 2.28 bits per heavy atom. The fraction of sp³-hybridized carbons (Fsp3) is 0.133. The number of ketones is 1. The molecule has 3 heteroatoms. The highest BCUT2D eigenvalue weighted by atomic mass is 79.9. The number of carbonyl (C=O) groups is 1. The first-order chi connectivity index (χ1) is 8.50. The number of rotatable bonds is 2. The Kier molecular flexibility index (Phi) is 3.53. The molecule has 0 heterocycles. The zero-order valence-electron chi connectivity index (χ0n) is 10.3. The molecule has 2 aromatic rings. The van der Waals surface area contributed by atoms with Gasteiger partial charge in [-0.15, -0.1) is 0 Å². The lowest BCUT2D eigenvalue weighted by molar-refractivity contribution is 0.103. The van der Waals surface area contributed by atoms with Crippen molar-refractivity contribution in [3.63, 3.8) is 0 Å². The van der Waals surface area contributed by atoms with Gasteiger partial charge in [-0.2, -0.15) is 0 Å². The van der Waals surface area contributed by atoms with Crippen LogP contribution in [0, 0.1) is 13.8 Å². The predicted octanol–water partition coefficient (Wildman–Crippen LogP) is 3.88. The van der Waals surface area contributed by atoms with Crippen LogP contribution in [-0.4, -0.2) is 5.78 Å². The number of nitrogen functional groups attached to an aromatic ring is 1. The van der Waals surface area contributed by atoms with Crippen molar-refractivity contribution in [3.8, 4) is 0 Å². The molecule has 0 spiro atoms. The summed E-state index contributed by atoms with van der Waals surface area (Å²) in [7, 11) is 0. The lowest BCUT2D eigenvalue weighted by atomic mass is 9.95. The Morgan fingerprint density at radius 1 is 1.11 bits per heavy atom. The molecule has 0 aromatic heterocycles. The van der Waals surface area contributed by atoms with Crippen molar-refractivity contribution in [2.24, 2.45) is 0 Å². The maximum atomic E-state index is 12.5. The van der Waals surface area contributed by atoms with Crippen molar-refractivity contribution in [2.75, 3.05) is 5.73 Å². The van der Waals surface area contributed by atoms with Crippen LogP contribution in [0.25, 0.3) is 0 Å². The summed E-state index contributed by atoms with van der Waals surface area (Å²) in [6, 6.07) is 11.1. The van der Waals surface area contributed by atoms with Gasteiger partial charge in [0.1, 0.15) is 0 Å². The minimum absolute atomic E-state index is 0.0254. The van der Waals surface area contributed by atoms with Gasteiger partial charge >= 0.3 is 0 Å². The molecule has 0 saturated heterocycles. The predicted molar refractivity (Wildman–Crippen MR) is 77.9 cm³/mol. The van der Waals surface area contributed by atoms with Crippen LogP contribution in [0.4, 0.5) is 5.69 Å². The largest absolute Gasteiger partial charge is 0.399 e. The van der Waals surface area contributed by atoms with Gasteiger partial charge in [0.15, 0.2) is 5.78 Å². The Bertz CT molecular complexity index is 600. The zero-order valence-corrected chi connectivity index (χ0v) is 11.9. The minimum Gasteiger partial charge on any atom is -0.399 e. The summed E-state index contributed by atoms with van der Waals surface area (Å²) in [6.07, 6.45) is 0. The summed E-state index contributed by atoms with van der Waals surface area (Å²) in [5.41, 5.74) is 9.71. The first kappa shape index (κ1) is 12.8. The molecule has 0 bridgehead atoms. The number of anilines is 1. The summed E-state index contributed by atoms with van der Waals surface area (Å²) in [5.74, 6) is 0.0254. The van der Waals surface area contributed by atoms with Gasteiger partial charge in [-0.1, -0.05) is 18.2 Å². The third kappa shape index (κ3) is 2.31. The van der Waals surface area contributed by atoms with E-state index < -0.39 is 0 Å². The van der Waals surface area contributed by atoms with Gasteiger partial charge in [0.2, 0.25) is 0 Å². The topological polar surface area (TPSA) is 43.1 Å². The van der Waals surface area contributed by atoms with Crippen LogP contribution in [0.3, 0.4) is 0 Å². The molecule has 0 aliphatic heterocycles. The average Bonchev–Trinajstić information content (AvgIpc) is 2.28. The Morgan fingerprint density at radius 2 is 1.72 bits per heavy atom. The second-order valence-corrected chi connectivity index (χ2v) is 5.19. The third-order valence-corrected chi connectivity index (χ3v) is 3.60. The van der Waals surface area contributed by atoms with Crippen LogP contribution in [0.1, 0.15) is 27.0 Å². The maximum absolute atomic E-state index is 12.5. The van der Waals surface area contributed by atoms with E-state index in [1.54, 1.807) is 18.2 Å². The van der Waals surface area contributed by atoms with Gasteiger partial charge in [0, 0.05) is 21.3 Å². The zero-order chi connectivity index (χ0) is 13.3. The molecular weight excluding hydrogens is 290 g/mol. The second-order valence-electron chi connectivity index (χ2n) is 4.34. The van der Waals surface area contributed by atoms with Gasteiger partial charge in [-0.25, -0.2) is 0 Å². The molecule has 0 radical (unpaired) electrons. The van der Waals surface area contributed by atoms with E-state index in [4.69, 9.17) is 5.73 Å². The number of nitrogens with two attached hydrogens (primary N) is 1. The molecule has 2 aromatic carbocycles. The Balaban J connectivity index is 2.55. The Labute approximate surface area is 115 Å². The van der Waals surface area contributed by atoms with Gasteiger partial charge in [-0.3, -0.25) is 4.79 Å². The van der Waals surface area contributed by atoms with Gasteiger partial charge < -0.3 is 5.73 Å². The second kappa shape index (κ2) is 4.94. The fourth-order valence-electron chi connectivity index (χ4n) is 2.02. The highest BCUT2D eigenvalue weighted by molar-refractivity contribution is 9.10. The molecule has 0 saturated carbocycles. The minimum atomic E-state index is 0.0254. The van der Waals surface area contributed by atoms with Crippen molar-refractivity contribution >= 4 is 27.4 Å². The molecule has 2 nitrogen and oxygen atoms in total. The third-order valence-electron chi connectivity index (χ3n) is 2.95. The summed E-state index contributed by atoms with van der Waals surface area (Å²) >= 11 is 3.39. The number of aryl methyl sites for hydroxylation is 2. The lowest BCUT2D eigenvalue weighted by Gasteiger charge is -2.10. The number of benzene rings is 2. The summed E-state index contributed by atoms with van der Waals surface area (Å²) in [4.78, 5) is 12.5. The van der Waals surface area contributed by atoms with Gasteiger partial charge in [0.25, 0.3) is 0 Å². The van der Waals surface area contributed by atoms with Crippen LogP contribution < -0.4 is 5.73 Å². The van der Waals surface area contributed by atoms with Crippen molar-refractivity contribution in [3.05, 3.63) is 63.1 Å². The molecule has 0 aliphatic rings. The number of carbonyl (C=O) groups excluding carboxylic acids is 1. The lowest BCUT2D eigenvalue weighted by Crippen LogP contribution is -2.07. The molecule has 0 fully saturated rings.